The van der Waals surface area contributed by atoms with Gasteiger partial charge in [-0.15, -0.1) is 0 Å². The van der Waals surface area contributed by atoms with Crippen molar-refractivity contribution in [3.63, 3.8) is 0 Å². The Morgan fingerprint density at radius 1 is 0.731 bits per heavy atom. The Balaban J connectivity index is 1.67. The van der Waals surface area contributed by atoms with Crippen LogP contribution in [0.5, 0.6) is 11.5 Å². The van der Waals surface area contributed by atoms with Gasteiger partial charge in [0.05, 0.1) is 12.4 Å². The van der Waals surface area contributed by atoms with Crippen molar-refractivity contribution in [1.82, 2.24) is 10.9 Å². The van der Waals surface area contributed by atoms with Crippen molar-refractivity contribution in [3.05, 3.63) is 59.7 Å². The molecule has 0 unspecified atom stereocenters. The molecule has 0 radical (unpaired) electrons. The number of hydrazone groups is 2. The molecule has 0 bridgehead atoms. The van der Waals surface area contributed by atoms with Crippen molar-refractivity contribution in [2.45, 2.75) is 12.8 Å². The topological polar surface area (TPSA) is 123 Å². The summed E-state index contributed by atoms with van der Waals surface area (Å²) in [5, 5.41) is 25.9. The molecule has 2 aromatic carbocycles. The first-order valence-corrected chi connectivity index (χ1v) is 7.75. The van der Waals surface area contributed by atoms with E-state index < -0.39 is 11.8 Å². The Labute approximate surface area is 149 Å². The van der Waals surface area contributed by atoms with Crippen LogP contribution >= 0.6 is 0 Å². The minimum Gasteiger partial charge on any atom is -0.508 e. The number of phenols is 2. The summed E-state index contributed by atoms with van der Waals surface area (Å²) < 4.78 is 0. The second kappa shape index (κ2) is 9.58. The summed E-state index contributed by atoms with van der Waals surface area (Å²) in [6, 6.07) is 12.6. The number of carbonyl (C=O) groups is 2. The van der Waals surface area contributed by atoms with Crippen LogP contribution in [0.25, 0.3) is 0 Å². The van der Waals surface area contributed by atoms with Gasteiger partial charge >= 0.3 is 0 Å². The van der Waals surface area contributed by atoms with Crippen LogP contribution in [0.3, 0.4) is 0 Å². The maximum absolute atomic E-state index is 11.6. The van der Waals surface area contributed by atoms with E-state index in [1.165, 1.54) is 36.7 Å². The first-order chi connectivity index (χ1) is 12.5. The Bertz CT molecular complexity index is 729. The lowest BCUT2D eigenvalue weighted by Gasteiger charge is -2.00. The molecule has 0 aromatic heterocycles. The zero-order chi connectivity index (χ0) is 18.8. The van der Waals surface area contributed by atoms with Crippen LogP contribution in [-0.4, -0.2) is 34.5 Å². The molecule has 0 aliphatic heterocycles. The van der Waals surface area contributed by atoms with E-state index in [1.54, 1.807) is 24.3 Å². The lowest BCUT2D eigenvalue weighted by molar-refractivity contribution is -0.126. The van der Waals surface area contributed by atoms with E-state index in [2.05, 4.69) is 21.1 Å². The molecular formula is C18H18N4O4. The van der Waals surface area contributed by atoms with Gasteiger partial charge in [0.15, 0.2) is 0 Å². The number of hydrogen-bond acceptors (Lipinski definition) is 6. The maximum Gasteiger partial charge on any atom is 0.240 e. The third kappa shape index (κ3) is 6.83. The highest BCUT2D eigenvalue weighted by atomic mass is 16.3. The third-order valence-electron chi connectivity index (χ3n) is 3.17. The van der Waals surface area contributed by atoms with Crippen molar-refractivity contribution in [2.24, 2.45) is 10.2 Å². The average Bonchev–Trinajstić information content (AvgIpc) is 2.63. The number of amides is 2. The number of benzene rings is 2. The monoisotopic (exact) mass is 354 g/mol. The van der Waals surface area contributed by atoms with Crippen LogP contribution in [0.2, 0.25) is 0 Å². The standard InChI is InChI=1S/C18H18N4O4/c23-15-5-1-13(2-6-15)11-19-21-17(25)9-10-18(26)22-20-12-14-3-7-16(24)8-4-14/h1-8,11-12,23-24H,9-10H2,(H,21,25)(H,22,26). The lowest BCUT2D eigenvalue weighted by atomic mass is 10.2. The Morgan fingerprint density at radius 2 is 1.08 bits per heavy atom. The van der Waals surface area contributed by atoms with Gasteiger partial charge in [-0.25, -0.2) is 10.9 Å². The maximum atomic E-state index is 11.6. The lowest BCUT2D eigenvalue weighted by Crippen LogP contribution is -2.22. The van der Waals surface area contributed by atoms with Gasteiger partial charge in [0.1, 0.15) is 11.5 Å². The van der Waals surface area contributed by atoms with Gasteiger partial charge in [-0.3, -0.25) is 9.59 Å². The average molecular weight is 354 g/mol. The summed E-state index contributed by atoms with van der Waals surface area (Å²) in [7, 11) is 0. The summed E-state index contributed by atoms with van der Waals surface area (Å²) >= 11 is 0. The first kappa shape index (κ1) is 18.7. The summed E-state index contributed by atoms with van der Waals surface area (Å²) in [6.45, 7) is 0. The molecule has 0 aliphatic carbocycles. The van der Waals surface area contributed by atoms with E-state index in [9.17, 15) is 9.59 Å². The van der Waals surface area contributed by atoms with Gasteiger partial charge in [-0.1, -0.05) is 0 Å². The fourth-order valence-electron chi connectivity index (χ4n) is 1.82. The Morgan fingerprint density at radius 3 is 1.42 bits per heavy atom. The van der Waals surface area contributed by atoms with Gasteiger partial charge in [0.25, 0.3) is 0 Å². The fourth-order valence-corrected chi connectivity index (χ4v) is 1.82. The zero-order valence-corrected chi connectivity index (χ0v) is 13.8. The summed E-state index contributed by atoms with van der Waals surface area (Å²) in [5.41, 5.74) is 6.05. The molecule has 0 saturated carbocycles. The molecular weight excluding hydrogens is 336 g/mol. The number of carbonyl (C=O) groups excluding carboxylic acids is 2. The van der Waals surface area contributed by atoms with E-state index >= 15 is 0 Å². The Kier molecular flexibility index (Phi) is 6.87. The molecule has 0 spiro atoms. The minimum atomic E-state index is -0.405. The molecule has 134 valence electrons. The predicted octanol–water partition coefficient (Wildman–Crippen LogP) is 1.48. The second-order valence-corrected chi connectivity index (χ2v) is 5.27. The number of nitrogens with zero attached hydrogens (tertiary/aromatic N) is 2. The molecule has 0 atom stereocenters. The molecule has 2 rings (SSSR count). The normalized spacial score (nSPS) is 10.9. The minimum absolute atomic E-state index is 0.0342. The highest BCUT2D eigenvalue weighted by Crippen LogP contribution is 2.08. The molecule has 26 heavy (non-hydrogen) atoms. The Hall–Kier alpha value is -3.68. The van der Waals surface area contributed by atoms with Gasteiger partial charge in [-0.2, -0.15) is 10.2 Å². The number of phenolic OH excluding ortho intramolecular Hbond substituents is 2. The van der Waals surface area contributed by atoms with Gasteiger partial charge in [0, 0.05) is 12.8 Å². The molecule has 0 heterocycles. The van der Waals surface area contributed by atoms with E-state index in [0.717, 1.165) is 0 Å². The van der Waals surface area contributed by atoms with Gasteiger partial charge in [-0.05, 0) is 59.7 Å². The van der Waals surface area contributed by atoms with Crippen molar-refractivity contribution in [3.8, 4) is 11.5 Å². The van der Waals surface area contributed by atoms with Gasteiger partial charge in [0.2, 0.25) is 11.8 Å². The fraction of sp³-hybridized carbons (Fsp3) is 0.111. The number of aromatic hydroxyl groups is 2. The van der Waals surface area contributed by atoms with E-state index in [1.807, 2.05) is 0 Å². The van der Waals surface area contributed by atoms with E-state index in [4.69, 9.17) is 10.2 Å². The van der Waals surface area contributed by atoms with Crippen LogP contribution in [0.1, 0.15) is 24.0 Å². The van der Waals surface area contributed by atoms with Crippen LogP contribution in [0.4, 0.5) is 0 Å². The number of nitrogens with one attached hydrogen (secondary N) is 2. The van der Waals surface area contributed by atoms with Crippen molar-refractivity contribution >= 4 is 24.2 Å². The summed E-state index contributed by atoms with van der Waals surface area (Å²) in [4.78, 5) is 23.2. The molecule has 8 nitrogen and oxygen atoms in total. The number of hydrogen-bond donors (Lipinski definition) is 4. The predicted molar refractivity (Wildman–Crippen MR) is 96.9 cm³/mol. The van der Waals surface area contributed by atoms with Crippen molar-refractivity contribution in [2.75, 3.05) is 0 Å². The first-order valence-electron chi connectivity index (χ1n) is 7.75. The third-order valence-corrected chi connectivity index (χ3v) is 3.17. The second-order valence-electron chi connectivity index (χ2n) is 5.27. The molecule has 4 N–H and O–H groups in total. The quantitative estimate of drug-likeness (QED) is 0.444. The van der Waals surface area contributed by atoms with Crippen molar-refractivity contribution in [1.29, 1.82) is 0 Å². The van der Waals surface area contributed by atoms with Crippen LogP contribution in [-0.2, 0) is 9.59 Å². The smallest absolute Gasteiger partial charge is 0.240 e. The molecule has 0 fully saturated rings. The van der Waals surface area contributed by atoms with Crippen LogP contribution < -0.4 is 10.9 Å². The zero-order valence-electron chi connectivity index (χ0n) is 13.8. The highest BCUT2D eigenvalue weighted by Gasteiger charge is 2.05. The van der Waals surface area contributed by atoms with Crippen LogP contribution in [0.15, 0.2) is 58.7 Å². The SMILES string of the molecule is O=C(CCC(=O)NN=Cc1ccc(O)cc1)NN=Cc1ccc(O)cc1. The van der Waals surface area contributed by atoms with Gasteiger partial charge < -0.3 is 10.2 Å². The molecule has 0 saturated heterocycles. The molecule has 8 heteroatoms. The molecule has 2 amide bonds. The van der Waals surface area contributed by atoms with E-state index in [0.29, 0.717) is 11.1 Å². The van der Waals surface area contributed by atoms with E-state index in [-0.39, 0.29) is 24.3 Å². The van der Waals surface area contributed by atoms with Crippen molar-refractivity contribution < 1.29 is 19.8 Å². The number of rotatable bonds is 7. The van der Waals surface area contributed by atoms with Crippen LogP contribution in [0, 0.1) is 0 Å². The highest BCUT2D eigenvalue weighted by molar-refractivity contribution is 5.86. The largest absolute Gasteiger partial charge is 0.508 e. The molecule has 2 aromatic rings. The summed E-state index contributed by atoms with van der Waals surface area (Å²) in [5.74, 6) is -0.522. The summed E-state index contributed by atoms with van der Waals surface area (Å²) in [6.07, 6.45) is 2.79. The molecule has 0 aliphatic rings.